The molecule has 2 aliphatic heterocycles. The van der Waals surface area contributed by atoms with Crippen molar-refractivity contribution in [2.45, 2.75) is 151 Å². The van der Waals surface area contributed by atoms with Crippen molar-refractivity contribution in [3.8, 4) is 11.5 Å². The van der Waals surface area contributed by atoms with E-state index in [0.29, 0.717) is 18.6 Å². The van der Waals surface area contributed by atoms with Crippen molar-refractivity contribution in [1.29, 1.82) is 0 Å². The average Bonchev–Trinajstić information content (AvgIpc) is 3.93. The lowest BCUT2D eigenvalue weighted by Crippen LogP contribution is -2.53. The van der Waals surface area contributed by atoms with Gasteiger partial charge in [-0.15, -0.1) is 0 Å². The summed E-state index contributed by atoms with van der Waals surface area (Å²) in [5.41, 5.74) is 7.84. The minimum atomic E-state index is 0.255. The third kappa shape index (κ3) is 4.31. The van der Waals surface area contributed by atoms with E-state index < -0.39 is 0 Å². The Balaban J connectivity index is 1.13. The molecule has 0 N–H and O–H groups in total. The molecule has 1 aromatic rings. The van der Waals surface area contributed by atoms with E-state index in [1.807, 2.05) is 5.56 Å². The molecule has 0 spiro atoms. The van der Waals surface area contributed by atoms with E-state index in [1.165, 1.54) is 127 Å². The maximum absolute atomic E-state index is 7.41. The highest BCUT2D eigenvalue weighted by molar-refractivity contribution is 5.67. The smallest absolute Gasteiger partial charge is 0.165 e. The maximum Gasteiger partial charge on any atom is 0.165 e. The Morgan fingerprint density at radius 3 is 1.04 bits per heavy atom. The lowest BCUT2D eigenvalue weighted by molar-refractivity contribution is -0.0204. The van der Waals surface area contributed by atoms with E-state index in [4.69, 9.17) is 18.9 Å². The molecule has 4 heteroatoms. The van der Waals surface area contributed by atoms with Crippen LogP contribution in [0.4, 0.5) is 0 Å². The second kappa shape index (κ2) is 9.74. The number of epoxide rings is 2. The van der Waals surface area contributed by atoms with Crippen LogP contribution in [0.5, 0.6) is 11.5 Å². The van der Waals surface area contributed by atoms with Gasteiger partial charge in [0.1, 0.15) is 25.4 Å². The first kappa shape index (κ1) is 28.4. The summed E-state index contributed by atoms with van der Waals surface area (Å²) in [6.07, 6.45) is 26.7. The van der Waals surface area contributed by atoms with E-state index in [9.17, 15) is 0 Å². The van der Waals surface area contributed by atoms with Crippen LogP contribution in [-0.2, 0) is 25.7 Å². The fraction of sp³-hybridized carbons (Fsp3) is 0.860. The van der Waals surface area contributed by atoms with Gasteiger partial charge in [-0.25, -0.2) is 0 Å². The van der Waals surface area contributed by atoms with Crippen LogP contribution in [0.15, 0.2) is 0 Å². The molecule has 254 valence electrons. The normalized spacial score (nSPS) is 52.0. The Labute approximate surface area is 282 Å². The van der Waals surface area contributed by atoms with Crippen LogP contribution >= 0.6 is 0 Å². The van der Waals surface area contributed by atoms with Crippen LogP contribution in [0, 0.1) is 60.2 Å². The summed E-state index contributed by atoms with van der Waals surface area (Å²) in [6.45, 7) is 5.74. The number of ether oxygens (including phenoxy) is 4. The van der Waals surface area contributed by atoms with E-state index in [0.717, 1.165) is 66.5 Å². The third-order valence-corrected chi connectivity index (χ3v) is 17.0. The Hall–Kier alpha value is -1.26. The molecule has 2 atom stereocenters. The summed E-state index contributed by atoms with van der Waals surface area (Å²) < 4.78 is 26.4. The summed E-state index contributed by atoms with van der Waals surface area (Å²) in [6, 6.07) is 0. The van der Waals surface area contributed by atoms with Crippen molar-refractivity contribution in [3.63, 3.8) is 0 Å². The van der Waals surface area contributed by atoms with Gasteiger partial charge >= 0.3 is 0 Å². The Kier molecular flexibility index (Phi) is 5.89. The largest absolute Gasteiger partial charge is 0.487 e. The van der Waals surface area contributed by atoms with Crippen LogP contribution in [0.2, 0.25) is 0 Å². The quantitative estimate of drug-likeness (QED) is 0.253. The topological polar surface area (TPSA) is 43.5 Å². The van der Waals surface area contributed by atoms with Crippen molar-refractivity contribution >= 4 is 0 Å². The van der Waals surface area contributed by atoms with E-state index in [2.05, 4.69) is 6.92 Å². The average molecular weight is 639 g/mol. The molecule has 14 aliphatic rings. The van der Waals surface area contributed by atoms with Gasteiger partial charge in [0.15, 0.2) is 11.5 Å². The van der Waals surface area contributed by atoms with Crippen LogP contribution in [0.25, 0.3) is 0 Å². The number of hydrogen-bond acceptors (Lipinski definition) is 4. The van der Waals surface area contributed by atoms with Gasteiger partial charge in [-0.3, -0.25) is 0 Å². The molecule has 47 heavy (non-hydrogen) atoms. The van der Waals surface area contributed by atoms with Gasteiger partial charge in [0.2, 0.25) is 0 Å². The maximum atomic E-state index is 7.41. The van der Waals surface area contributed by atoms with Crippen molar-refractivity contribution in [2.75, 3.05) is 26.4 Å². The second-order valence-corrected chi connectivity index (χ2v) is 20.5. The minimum absolute atomic E-state index is 0.255. The molecule has 0 radical (unpaired) electrons. The highest BCUT2D eigenvalue weighted by Crippen LogP contribution is 2.71. The van der Waals surface area contributed by atoms with Gasteiger partial charge < -0.3 is 18.9 Å². The van der Waals surface area contributed by atoms with Crippen LogP contribution in [0.1, 0.15) is 138 Å². The van der Waals surface area contributed by atoms with Gasteiger partial charge in [-0.05, 0) is 192 Å². The van der Waals surface area contributed by atoms with Gasteiger partial charge in [0.05, 0.1) is 13.2 Å². The molecule has 4 nitrogen and oxygen atoms in total. The molecule has 2 unspecified atom stereocenters. The first-order valence-corrected chi connectivity index (χ1v) is 20.6. The van der Waals surface area contributed by atoms with E-state index in [1.54, 1.807) is 16.7 Å². The monoisotopic (exact) mass is 638 g/mol. The lowest BCUT2D eigenvalue weighted by atomic mass is 9.42. The van der Waals surface area contributed by atoms with Gasteiger partial charge in [-0.1, -0.05) is 0 Å². The van der Waals surface area contributed by atoms with Crippen molar-refractivity contribution in [2.24, 2.45) is 53.3 Å². The first-order valence-electron chi connectivity index (χ1n) is 20.6. The molecule has 12 saturated carbocycles. The molecule has 12 aliphatic carbocycles. The molecule has 1 aromatic carbocycles. The van der Waals surface area contributed by atoms with Gasteiger partial charge in [-0.2, -0.15) is 0 Å². The zero-order valence-electron chi connectivity index (χ0n) is 29.0. The zero-order chi connectivity index (χ0) is 30.7. The summed E-state index contributed by atoms with van der Waals surface area (Å²) in [5.74, 6) is 10.8. The molecule has 2 heterocycles. The van der Waals surface area contributed by atoms with Gasteiger partial charge in [0, 0.05) is 22.0 Å². The SMILES string of the molecule is Cc1c(C23CC4CC(CC(C4)C2)C3)c(OCC2CO2)c(OCC2CO2)c(C23CC4CC(CC(C4)C2)C3)c1C12CC3CC(CC(C3)C1)C2. The first-order chi connectivity index (χ1) is 22.9. The molecule has 14 fully saturated rings. The highest BCUT2D eigenvalue weighted by Gasteiger charge is 2.61. The fourth-order valence-electron chi connectivity index (χ4n) is 16.8. The van der Waals surface area contributed by atoms with Gasteiger partial charge in [0.25, 0.3) is 0 Å². The Morgan fingerprint density at radius 2 is 0.723 bits per heavy atom. The highest BCUT2D eigenvalue weighted by atomic mass is 16.6. The minimum Gasteiger partial charge on any atom is -0.487 e. The number of rotatable bonds is 9. The van der Waals surface area contributed by atoms with Crippen LogP contribution < -0.4 is 9.47 Å². The Bertz CT molecular complexity index is 1370. The van der Waals surface area contributed by atoms with E-state index in [-0.39, 0.29) is 23.0 Å². The third-order valence-electron chi connectivity index (χ3n) is 17.0. The van der Waals surface area contributed by atoms with Crippen LogP contribution in [0.3, 0.4) is 0 Å². The van der Waals surface area contributed by atoms with Crippen molar-refractivity contribution < 1.29 is 18.9 Å². The van der Waals surface area contributed by atoms with Crippen molar-refractivity contribution in [1.82, 2.24) is 0 Å². The zero-order valence-corrected chi connectivity index (χ0v) is 29.0. The predicted octanol–water partition coefficient (Wildman–Crippen LogP) is 8.95. The molecule has 12 bridgehead atoms. The second-order valence-electron chi connectivity index (χ2n) is 20.5. The summed E-state index contributed by atoms with van der Waals surface area (Å²) in [4.78, 5) is 0. The number of benzene rings is 1. The van der Waals surface area contributed by atoms with Crippen LogP contribution in [-0.4, -0.2) is 38.6 Å². The predicted molar refractivity (Wildman–Crippen MR) is 181 cm³/mol. The fourth-order valence-corrected chi connectivity index (χ4v) is 16.8. The summed E-state index contributed by atoms with van der Waals surface area (Å²) in [7, 11) is 0. The standard InChI is InChI=1S/C43H58O4/c1-24-36(41-11-25-2-26(12-41)4-27(3-25)13-41)38(43-17-31-8-32(18-43)10-33(9-31)19-43)40(47-23-35-21-45-35)39(46-22-34-20-44-34)37(24)42-14-28-5-29(15-42)7-30(6-28)16-42/h25-35H,2-23H2,1H3. The van der Waals surface area contributed by atoms with E-state index >= 15 is 0 Å². The summed E-state index contributed by atoms with van der Waals surface area (Å²) >= 11 is 0. The molecule has 2 saturated heterocycles. The lowest BCUT2D eigenvalue weighted by Gasteiger charge is -2.62. The van der Waals surface area contributed by atoms with Crippen molar-refractivity contribution in [3.05, 3.63) is 22.3 Å². The molecular weight excluding hydrogens is 580 g/mol. The molecule has 15 rings (SSSR count). The molecular formula is C43H58O4. The Morgan fingerprint density at radius 1 is 0.447 bits per heavy atom. The number of hydrogen-bond donors (Lipinski definition) is 0. The molecule has 0 aromatic heterocycles. The molecule has 0 amide bonds. The summed E-state index contributed by atoms with van der Waals surface area (Å²) in [5, 5.41) is 0.